The molecule has 96 valence electrons. The van der Waals surface area contributed by atoms with Gasteiger partial charge in [0.2, 0.25) is 5.95 Å². The molecule has 0 spiro atoms. The summed E-state index contributed by atoms with van der Waals surface area (Å²) in [5, 5.41) is 3.77. The van der Waals surface area contributed by atoms with Crippen LogP contribution in [0.4, 0.5) is 11.6 Å². The molecule has 3 N–H and O–H groups in total. The Kier molecular flexibility index (Phi) is 3.26. The molecule has 1 heterocycles. The summed E-state index contributed by atoms with van der Waals surface area (Å²) >= 11 is 3.20. The van der Waals surface area contributed by atoms with Crippen molar-refractivity contribution in [1.29, 1.82) is 0 Å². The smallest absolute Gasteiger partial charge is 0.264 e. The van der Waals surface area contributed by atoms with Gasteiger partial charge in [0.1, 0.15) is 6.33 Å². The van der Waals surface area contributed by atoms with Crippen LogP contribution in [0, 0.1) is 0 Å². The Bertz CT molecular complexity index is 682. The number of sulfonamides is 1. The highest BCUT2D eigenvalue weighted by atomic mass is 79.9. The topological polar surface area (TPSA) is 103 Å². The second-order valence-electron chi connectivity index (χ2n) is 3.50. The number of aromatic nitrogens is 3. The highest BCUT2D eigenvalue weighted by molar-refractivity contribution is 9.10. The maximum atomic E-state index is 12.1. The van der Waals surface area contributed by atoms with Crippen LogP contribution in [0.15, 0.2) is 33.9 Å². The van der Waals surface area contributed by atoms with E-state index in [1.165, 1.54) is 23.1 Å². The van der Waals surface area contributed by atoms with Crippen molar-refractivity contribution in [3.63, 3.8) is 0 Å². The fourth-order valence-corrected chi connectivity index (χ4v) is 2.58. The number of nitrogens with one attached hydrogen (secondary N) is 1. The van der Waals surface area contributed by atoms with Gasteiger partial charge >= 0.3 is 0 Å². The molecular formula is C9H10BrN5O2S. The van der Waals surface area contributed by atoms with E-state index < -0.39 is 10.0 Å². The second-order valence-corrected chi connectivity index (χ2v) is 6.03. The van der Waals surface area contributed by atoms with Crippen LogP contribution in [0.3, 0.4) is 0 Å². The van der Waals surface area contributed by atoms with Crippen molar-refractivity contribution < 1.29 is 8.42 Å². The number of aryl methyl sites for hydroxylation is 1. The molecule has 0 bridgehead atoms. The van der Waals surface area contributed by atoms with Gasteiger partial charge in [-0.15, -0.1) is 0 Å². The number of hydrogen-bond donors (Lipinski definition) is 2. The predicted octanol–water partition coefficient (Wildman–Crippen LogP) is 0.961. The van der Waals surface area contributed by atoms with Gasteiger partial charge < -0.3 is 5.73 Å². The normalized spacial score (nSPS) is 11.4. The average Bonchev–Trinajstić information content (AvgIpc) is 2.67. The number of nitrogens with zero attached hydrogens (tertiary/aromatic N) is 3. The summed E-state index contributed by atoms with van der Waals surface area (Å²) in [7, 11) is -2.14. The zero-order valence-corrected chi connectivity index (χ0v) is 11.7. The first-order valence-corrected chi connectivity index (χ1v) is 7.09. The summed E-state index contributed by atoms with van der Waals surface area (Å²) in [4.78, 5) is 3.85. The minimum atomic E-state index is -3.72. The average molecular weight is 332 g/mol. The van der Waals surface area contributed by atoms with E-state index in [0.29, 0.717) is 10.2 Å². The van der Waals surface area contributed by atoms with Crippen LogP contribution in [0.25, 0.3) is 0 Å². The number of halogens is 1. The van der Waals surface area contributed by atoms with Crippen LogP contribution in [0.2, 0.25) is 0 Å². The molecule has 0 aliphatic heterocycles. The van der Waals surface area contributed by atoms with Crippen molar-refractivity contribution >= 4 is 37.6 Å². The molecule has 0 saturated heterocycles. The van der Waals surface area contributed by atoms with Crippen molar-refractivity contribution in [2.45, 2.75) is 4.90 Å². The summed E-state index contributed by atoms with van der Waals surface area (Å²) in [5.74, 6) is 0.136. The lowest BCUT2D eigenvalue weighted by atomic mass is 10.3. The second kappa shape index (κ2) is 4.58. The Morgan fingerprint density at radius 3 is 2.72 bits per heavy atom. The Morgan fingerprint density at radius 1 is 1.44 bits per heavy atom. The largest absolute Gasteiger partial charge is 0.398 e. The third kappa shape index (κ3) is 2.46. The van der Waals surface area contributed by atoms with Gasteiger partial charge in [-0.05, 0) is 34.1 Å². The number of rotatable bonds is 3. The standard InChI is InChI=1S/C9H10BrN5O2S/c1-15-9(12-5-13-15)14-18(16,17)6-2-3-7(10)8(11)4-6/h2-5H,11H2,1H3,(H,12,13,14). The molecule has 0 radical (unpaired) electrons. The third-order valence-electron chi connectivity index (χ3n) is 2.21. The maximum absolute atomic E-state index is 12.1. The van der Waals surface area contributed by atoms with E-state index >= 15 is 0 Å². The van der Waals surface area contributed by atoms with Crippen LogP contribution in [0.1, 0.15) is 0 Å². The third-order valence-corrected chi connectivity index (χ3v) is 4.26. The van der Waals surface area contributed by atoms with E-state index in [1.807, 2.05) is 0 Å². The monoisotopic (exact) mass is 331 g/mol. The van der Waals surface area contributed by atoms with Gasteiger partial charge in [0.25, 0.3) is 10.0 Å². The first kappa shape index (κ1) is 12.8. The van der Waals surface area contributed by atoms with Crippen molar-refractivity contribution in [2.75, 3.05) is 10.5 Å². The van der Waals surface area contributed by atoms with Gasteiger partial charge in [0.05, 0.1) is 4.90 Å². The molecule has 0 amide bonds. The molecule has 2 aromatic rings. The van der Waals surface area contributed by atoms with Crippen LogP contribution < -0.4 is 10.5 Å². The van der Waals surface area contributed by atoms with E-state index in [9.17, 15) is 8.42 Å². The van der Waals surface area contributed by atoms with E-state index in [4.69, 9.17) is 5.73 Å². The van der Waals surface area contributed by atoms with Crippen molar-refractivity contribution in [3.05, 3.63) is 29.0 Å². The fraction of sp³-hybridized carbons (Fsp3) is 0.111. The maximum Gasteiger partial charge on any atom is 0.264 e. The van der Waals surface area contributed by atoms with E-state index in [0.717, 1.165) is 0 Å². The molecule has 7 nitrogen and oxygen atoms in total. The van der Waals surface area contributed by atoms with Crippen molar-refractivity contribution in [1.82, 2.24) is 14.8 Å². The first-order chi connectivity index (χ1) is 8.40. The van der Waals surface area contributed by atoms with Gasteiger partial charge in [-0.3, -0.25) is 0 Å². The van der Waals surface area contributed by atoms with Gasteiger partial charge in [-0.2, -0.15) is 10.1 Å². The summed E-state index contributed by atoms with van der Waals surface area (Å²) in [6, 6.07) is 4.38. The van der Waals surface area contributed by atoms with Crippen LogP contribution in [0.5, 0.6) is 0 Å². The molecule has 0 atom stereocenters. The quantitative estimate of drug-likeness (QED) is 0.815. The van der Waals surface area contributed by atoms with Crippen LogP contribution >= 0.6 is 15.9 Å². The molecular weight excluding hydrogens is 322 g/mol. The molecule has 0 aliphatic rings. The number of anilines is 2. The van der Waals surface area contributed by atoms with Gasteiger partial charge in [0, 0.05) is 17.2 Å². The zero-order valence-electron chi connectivity index (χ0n) is 9.33. The number of benzene rings is 1. The van der Waals surface area contributed by atoms with E-state index in [1.54, 1.807) is 13.1 Å². The minimum absolute atomic E-state index is 0.0613. The SMILES string of the molecule is Cn1ncnc1NS(=O)(=O)c1ccc(Br)c(N)c1. The van der Waals surface area contributed by atoms with Gasteiger partial charge in [-0.1, -0.05) is 0 Å². The highest BCUT2D eigenvalue weighted by Crippen LogP contribution is 2.23. The Morgan fingerprint density at radius 2 is 2.17 bits per heavy atom. The molecule has 1 aromatic carbocycles. The molecule has 2 rings (SSSR count). The fourth-order valence-electron chi connectivity index (χ4n) is 1.26. The van der Waals surface area contributed by atoms with E-state index in [-0.39, 0.29) is 10.8 Å². The molecule has 1 aromatic heterocycles. The number of hydrogen-bond acceptors (Lipinski definition) is 5. The van der Waals surface area contributed by atoms with Crippen molar-refractivity contribution in [3.8, 4) is 0 Å². The number of nitrogen functional groups attached to an aromatic ring is 1. The lowest BCUT2D eigenvalue weighted by Crippen LogP contribution is -2.16. The minimum Gasteiger partial charge on any atom is -0.398 e. The van der Waals surface area contributed by atoms with Crippen molar-refractivity contribution in [2.24, 2.45) is 7.05 Å². The summed E-state index contributed by atoms with van der Waals surface area (Å²) in [5.41, 5.74) is 5.99. The Hall–Kier alpha value is -1.61. The zero-order chi connectivity index (χ0) is 13.3. The van der Waals surface area contributed by atoms with E-state index in [2.05, 4.69) is 30.7 Å². The molecule has 0 fully saturated rings. The summed E-state index contributed by atoms with van der Waals surface area (Å²) < 4.78 is 28.4. The highest BCUT2D eigenvalue weighted by Gasteiger charge is 2.17. The van der Waals surface area contributed by atoms with Crippen LogP contribution in [-0.4, -0.2) is 23.2 Å². The van der Waals surface area contributed by atoms with Gasteiger partial charge in [0.15, 0.2) is 0 Å². The van der Waals surface area contributed by atoms with Gasteiger partial charge in [-0.25, -0.2) is 17.8 Å². The predicted molar refractivity (Wildman–Crippen MR) is 70.4 cm³/mol. The Labute approximate surface area is 112 Å². The first-order valence-electron chi connectivity index (χ1n) is 4.82. The summed E-state index contributed by atoms with van der Waals surface area (Å²) in [6.07, 6.45) is 1.26. The lowest BCUT2D eigenvalue weighted by Gasteiger charge is -2.08. The Balaban J connectivity index is 2.37. The molecule has 18 heavy (non-hydrogen) atoms. The molecule has 0 saturated carbocycles. The summed E-state index contributed by atoms with van der Waals surface area (Å²) in [6.45, 7) is 0. The lowest BCUT2D eigenvalue weighted by molar-refractivity contribution is 0.600. The number of nitrogens with two attached hydrogens (primary N) is 1. The van der Waals surface area contributed by atoms with Crippen LogP contribution in [-0.2, 0) is 17.1 Å². The molecule has 0 aliphatic carbocycles. The molecule has 0 unspecified atom stereocenters. The molecule has 9 heteroatoms.